The van der Waals surface area contributed by atoms with Crippen LogP contribution < -0.4 is 0 Å². The largest absolute Gasteiger partial charge is 0.464 e. The fourth-order valence-electron chi connectivity index (χ4n) is 4.23. The molecule has 1 heterocycles. The molecule has 2 fully saturated rings. The number of rotatable bonds is 6. The Labute approximate surface area is 149 Å². The Kier molecular flexibility index (Phi) is 5.61. The highest BCUT2D eigenvalue weighted by Gasteiger charge is 2.53. The minimum atomic E-state index is -0.551. The van der Waals surface area contributed by atoms with Crippen LogP contribution in [0.25, 0.3) is 0 Å². The Bertz CT molecular complexity index is 598. The number of hydrogen-bond acceptors (Lipinski definition) is 3. The molecule has 1 saturated carbocycles. The SMILES string of the molecule is CCCN1C(=O)N(C2CCCC2)[C@H](C(=O)OCC)[C@H]1c1ccccc1. The van der Waals surface area contributed by atoms with E-state index in [0.29, 0.717) is 13.2 Å². The summed E-state index contributed by atoms with van der Waals surface area (Å²) in [5.74, 6) is -0.282. The lowest BCUT2D eigenvalue weighted by atomic mass is 9.97. The highest BCUT2D eigenvalue weighted by Crippen LogP contribution is 2.40. The van der Waals surface area contributed by atoms with Gasteiger partial charge in [-0.15, -0.1) is 0 Å². The molecule has 5 nitrogen and oxygen atoms in total. The van der Waals surface area contributed by atoms with Gasteiger partial charge in [-0.25, -0.2) is 9.59 Å². The third kappa shape index (κ3) is 3.37. The molecule has 0 unspecified atom stereocenters. The smallest absolute Gasteiger partial charge is 0.331 e. The molecule has 0 N–H and O–H groups in total. The second kappa shape index (κ2) is 7.89. The van der Waals surface area contributed by atoms with E-state index < -0.39 is 6.04 Å². The van der Waals surface area contributed by atoms with Gasteiger partial charge >= 0.3 is 12.0 Å². The van der Waals surface area contributed by atoms with Gasteiger partial charge in [0.2, 0.25) is 0 Å². The van der Waals surface area contributed by atoms with Crippen molar-refractivity contribution in [1.82, 2.24) is 9.80 Å². The summed E-state index contributed by atoms with van der Waals surface area (Å²) < 4.78 is 5.38. The molecule has 1 aliphatic heterocycles. The fourth-order valence-corrected chi connectivity index (χ4v) is 4.23. The van der Waals surface area contributed by atoms with E-state index in [1.54, 1.807) is 0 Å². The molecule has 0 radical (unpaired) electrons. The zero-order chi connectivity index (χ0) is 17.8. The quantitative estimate of drug-likeness (QED) is 0.739. The maximum Gasteiger partial charge on any atom is 0.331 e. The molecule has 3 rings (SSSR count). The lowest BCUT2D eigenvalue weighted by Crippen LogP contribution is -2.46. The average Bonchev–Trinajstić information content (AvgIpc) is 3.23. The Hall–Kier alpha value is -2.04. The van der Waals surface area contributed by atoms with Crippen LogP contribution in [0.3, 0.4) is 0 Å². The third-order valence-electron chi connectivity index (χ3n) is 5.25. The van der Waals surface area contributed by atoms with Crippen molar-refractivity contribution in [1.29, 1.82) is 0 Å². The number of benzene rings is 1. The Morgan fingerprint density at radius 3 is 2.44 bits per heavy atom. The minimum Gasteiger partial charge on any atom is -0.464 e. The summed E-state index contributed by atoms with van der Waals surface area (Å²) in [6.07, 6.45) is 5.05. The predicted molar refractivity (Wildman–Crippen MR) is 96.1 cm³/mol. The molecule has 2 amide bonds. The second-order valence-corrected chi connectivity index (χ2v) is 6.87. The van der Waals surface area contributed by atoms with Crippen molar-refractivity contribution in [2.24, 2.45) is 0 Å². The number of carbonyl (C=O) groups is 2. The van der Waals surface area contributed by atoms with Crippen LogP contribution in [0, 0.1) is 0 Å². The van der Waals surface area contributed by atoms with Crippen molar-refractivity contribution in [3.05, 3.63) is 35.9 Å². The molecule has 1 aromatic rings. The molecular weight excluding hydrogens is 316 g/mol. The molecule has 1 aliphatic carbocycles. The van der Waals surface area contributed by atoms with Gasteiger partial charge in [0.15, 0.2) is 6.04 Å². The topological polar surface area (TPSA) is 49.9 Å². The van der Waals surface area contributed by atoms with Crippen LogP contribution in [0.1, 0.15) is 57.6 Å². The molecule has 1 aromatic carbocycles. The first-order valence-corrected chi connectivity index (χ1v) is 9.49. The van der Waals surface area contributed by atoms with Crippen molar-refractivity contribution < 1.29 is 14.3 Å². The number of nitrogens with zero attached hydrogens (tertiary/aromatic N) is 2. The Morgan fingerprint density at radius 2 is 1.84 bits per heavy atom. The molecule has 0 bridgehead atoms. The summed E-state index contributed by atoms with van der Waals surface area (Å²) in [6, 6.07) is 9.21. The van der Waals surface area contributed by atoms with Gasteiger partial charge in [-0.3, -0.25) is 0 Å². The molecule has 2 aliphatic rings. The van der Waals surface area contributed by atoms with Gasteiger partial charge in [-0.05, 0) is 31.7 Å². The fraction of sp³-hybridized carbons (Fsp3) is 0.600. The van der Waals surface area contributed by atoms with Gasteiger partial charge in [0.1, 0.15) is 0 Å². The monoisotopic (exact) mass is 344 g/mol. The number of hydrogen-bond donors (Lipinski definition) is 0. The van der Waals surface area contributed by atoms with E-state index in [2.05, 4.69) is 6.92 Å². The van der Waals surface area contributed by atoms with Crippen molar-refractivity contribution in [3.8, 4) is 0 Å². The van der Waals surface area contributed by atoms with E-state index in [1.807, 2.05) is 47.1 Å². The van der Waals surface area contributed by atoms with Crippen LogP contribution in [-0.4, -0.2) is 47.0 Å². The maximum absolute atomic E-state index is 13.2. The normalized spacial score (nSPS) is 24.2. The van der Waals surface area contributed by atoms with Gasteiger partial charge < -0.3 is 14.5 Å². The number of carbonyl (C=O) groups excluding carboxylic acids is 2. The first kappa shape index (κ1) is 17.8. The zero-order valence-electron chi connectivity index (χ0n) is 15.2. The van der Waals surface area contributed by atoms with Crippen LogP contribution in [0.4, 0.5) is 4.79 Å². The molecule has 2 atom stereocenters. The lowest BCUT2D eigenvalue weighted by Gasteiger charge is -2.29. The number of esters is 1. The van der Waals surface area contributed by atoms with Crippen molar-refractivity contribution >= 4 is 12.0 Å². The minimum absolute atomic E-state index is 0.0133. The molecule has 25 heavy (non-hydrogen) atoms. The summed E-state index contributed by atoms with van der Waals surface area (Å²) in [5, 5.41) is 0. The molecule has 136 valence electrons. The van der Waals surface area contributed by atoms with E-state index in [9.17, 15) is 9.59 Å². The lowest BCUT2D eigenvalue weighted by molar-refractivity contribution is -0.149. The van der Waals surface area contributed by atoms with Gasteiger partial charge in [-0.1, -0.05) is 50.1 Å². The van der Waals surface area contributed by atoms with Gasteiger partial charge in [0, 0.05) is 12.6 Å². The molecular formula is C20H28N2O3. The van der Waals surface area contributed by atoms with Crippen LogP contribution >= 0.6 is 0 Å². The second-order valence-electron chi connectivity index (χ2n) is 6.87. The molecule has 1 saturated heterocycles. The Morgan fingerprint density at radius 1 is 1.16 bits per heavy atom. The summed E-state index contributed by atoms with van der Waals surface area (Å²) in [5.41, 5.74) is 1.00. The summed E-state index contributed by atoms with van der Waals surface area (Å²) in [7, 11) is 0. The van der Waals surface area contributed by atoms with Gasteiger partial charge in [0.25, 0.3) is 0 Å². The summed E-state index contributed by atoms with van der Waals surface area (Å²) in [4.78, 5) is 29.8. The van der Waals surface area contributed by atoms with Crippen LogP contribution in [0.15, 0.2) is 30.3 Å². The van der Waals surface area contributed by atoms with Crippen molar-refractivity contribution in [3.63, 3.8) is 0 Å². The van der Waals surface area contributed by atoms with E-state index >= 15 is 0 Å². The van der Waals surface area contributed by atoms with Crippen LogP contribution in [0.5, 0.6) is 0 Å². The average molecular weight is 344 g/mol. The summed E-state index contributed by atoms with van der Waals surface area (Å²) in [6.45, 7) is 4.86. The number of amides is 2. The van der Waals surface area contributed by atoms with Gasteiger partial charge in [-0.2, -0.15) is 0 Å². The van der Waals surface area contributed by atoms with Crippen LogP contribution in [0.2, 0.25) is 0 Å². The van der Waals surface area contributed by atoms with E-state index in [0.717, 1.165) is 37.7 Å². The van der Waals surface area contributed by atoms with E-state index in [1.165, 1.54) is 0 Å². The molecule has 0 spiro atoms. The highest BCUT2D eigenvalue weighted by atomic mass is 16.5. The summed E-state index contributed by atoms with van der Waals surface area (Å²) >= 11 is 0. The first-order chi connectivity index (χ1) is 12.2. The molecule has 0 aromatic heterocycles. The number of ether oxygens (including phenoxy) is 1. The molecule has 5 heteroatoms. The first-order valence-electron chi connectivity index (χ1n) is 9.49. The number of urea groups is 1. The third-order valence-corrected chi connectivity index (χ3v) is 5.25. The van der Waals surface area contributed by atoms with E-state index in [4.69, 9.17) is 4.74 Å². The predicted octanol–water partition coefficient (Wildman–Crippen LogP) is 3.75. The van der Waals surface area contributed by atoms with Crippen molar-refractivity contribution in [2.75, 3.05) is 13.2 Å². The van der Waals surface area contributed by atoms with Crippen molar-refractivity contribution in [2.45, 2.75) is 64.1 Å². The van der Waals surface area contributed by atoms with Crippen LogP contribution in [-0.2, 0) is 9.53 Å². The van der Waals surface area contributed by atoms with E-state index in [-0.39, 0.29) is 24.1 Å². The standard InChI is InChI=1S/C20H28N2O3/c1-3-14-21-17(15-10-6-5-7-11-15)18(19(23)25-4-2)22(20(21)24)16-12-8-9-13-16/h5-7,10-11,16-18H,3-4,8-9,12-14H2,1-2H3/t17-,18+/m1/s1. The maximum atomic E-state index is 13.2. The van der Waals surface area contributed by atoms with Gasteiger partial charge in [0.05, 0.1) is 12.6 Å². The Balaban J connectivity index is 2.02. The highest BCUT2D eigenvalue weighted by molar-refractivity contribution is 5.89. The zero-order valence-corrected chi connectivity index (χ0v) is 15.2.